The van der Waals surface area contributed by atoms with Crippen molar-refractivity contribution in [1.82, 2.24) is 19.7 Å². The van der Waals surface area contributed by atoms with Crippen LogP contribution in [0.2, 0.25) is 0 Å². The fourth-order valence-corrected chi connectivity index (χ4v) is 2.25. The van der Waals surface area contributed by atoms with E-state index in [1.165, 1.54) is 0 Å². The van der Waals surface area contributed by atoms with Crippen molar-refractivity contribution in [3.8, 4) is 11.9 Å². The Labute approximate surface area is 142 Å². The first kappa shape index (κ1) is 17.4. The minimum absolute atomic E-state index is 0.333. The van der Waals surface area contributed by atoms with Crippen molar-refractivity contribution in [2.45, 2.75) is 40.7 Å². The van der Waals surface area contributed by atoms with Gasteiger partial charge in [-0.1, -0.05) is 13.8 Å². The smallest absolute Gasteiger partial charge is 0.164 e. The maximum atomic E-state index is 8.93. The summed E-state index contributed by atoms with van der Waals surface area (Å²) in [5.74, 6) is 0.695. The molecule has 0 atom stereocenters. The number of nitrogens with one attached hydrogen (secondary N) is 1. The van der Waals surface area contributed by atoms with E-state index in [1.54, 1.807) is 23.1 Å². The van der Waals surface area contributed by atoms with Crippen molar-refractivity contribution in [2.24, 2.45) is 0 Å². The molecule has 3 aromatic heterocycles. The Morgan fingerprint density at radius 2 is 1.88 bits per heavy atom. The summed E-state index contributed by atoms with van der Waals surface area (Å²) < 4.78 is 1.68. The van der Waals surface area contributed by atoms with E-state index < -0.39 is 0 Å². The van der Waals surface area contributed by atoms with Crippen LogP contribution in [0, 0.1) is 18.3 Å². The lowest BCUT2D eigenvalue weighted by atomic mass is 10.2. The van der Waals surface area contributed by atoms with Crippen LogP contribution in [0.4, 0.5) is 5.69 Å². The number of aryl methyl sites for hydroxylation is 1. The molecule has 124 valence electrons. The average molecular weight is 322 g/mol. The lowest BCUT2D eigenvalue weighted by molar-refractivity contribution is 0.855. The van der Waals surface area contributed by atoms with Crippen LogP contribution in [0.25, 0.3) is 16.9 Å². The summed E-state index contributed by atoms with van der Waals surface area (Å²) >= 11 is 0. The van der Waals surface area contributed by atoms with Crippen molar-refractivity contribution < 1.29 is 0 Å². The summed E-state index contributed by atoms with van der Waals surface area (Å²) in [7, 11) is 0. The van der Waals surface area contributed by atoms with Gasteiger partial charge in [-0.05, 0) is 32.4 Å². The Bertz CT molecular complexity index is 873. The van der Waals surface area contributed by atoms with Crippen LogP contribution in [0.15, 0.2) is 30.7 Å². The first-order valence-electron chi connectivity index (χ1n) is 8.06. The molecule has 0 saturated heterocycles. The Kier molecular flexibility index (Phi) is 5.48. The normalized spacial score (nSPS) is 10.2. The zero-order chi connectivity index (χ0) is 17.7. The Morgan fingerprint density at radius 1 is 1.12 bits per heavy atom. The second-order valence-corrected chi connectivity index (χ2v) is 5.46. The molecule has 6 nitrogen and oxygen atoms in total. The number of fused-ring (bicyclic) bond motifs is 1. The van der Waals surface area contributed by atoms with Gasteiger partial charge in [0.15, 0.2) is 11.5 Å². The molecule has 3 aromatic rings. The van der Waals surface area contributed by atoms with E-state index in [0.29, 0.717) is 23.1 Å². The molecule has 0 radical (unpaired) electrons. The number of anilines is 1. The second kappa shape index (κ2) is 7.55. The van der Waals surface area contributed by atoms with E-state index >= 15 is 0 Å². The highest BCUT2D eigenvalue weighted by Crippen LogP contribution is 2.21. The van der Waals surface area contributed by atoms with E-state index in [0.717, 1.165) is 16.6 Å². The number of hydrogen-bond acceptors (Lipinski definition) is 5. The van der Waals surface area contributed by atoms with Gasteiger partial charge in [-0.2, -0.15) is 15.0 Å². The predicted molar refractivity (Wildman–Crippen MR) is 96.2 cm³/mol. The molecule has 6 heteroatoms. The van der Waals surface area contributed by atoms with E-state index in [-0.39, 0.29) is 0 Å². The van der Waals surface area contributed by atoms with Crippen LogP contribution in [0.3, 0.4) is 0 Å². The van der Waals surface area contributed by atoms with Gasteiger partial charge in [0.05, 0.1) is 11.8 Å². The molecule has 0 unspecified atom stereocenters. The summed E-state index contributed by atoms with van der Waals surface area (Å²) in [6.45, 7) is 10.2. The first-order chi connectivity index (χ1) is 11.6. The molecule has 0 aliphatic heterocycles. The Morgan fingerprint density at radius 3 is 2.54 bits per heavy atom. The highest BCUT2D eigenvalue weighted by atomic mass is 15.3. The zero-order valence-corrected chi connectivity index (χ0v) is 14.7. The summed E-state index contributed by atoms with van der Waals surface area (Å²) in [6, 6.07) is 6.15. The maximum absolute atomic E-state index is 8.93. The van der Waals surface area contributed by atoms with Crippen molar-refractivity contribution in [1.29, 1.82) is 5.26 Å². The monoisotopic (exact) mass is 322 g/mol. The fourth-order valence-electron chi connectivity index (χ4n) is 2.25. The summed E-state index contributed by atoms with van der Waals surface area (Å²) in [5.41, 5.74) is 3.31. The number of hydrogen-bond donors (Lipinski definition) is 1. The second-order valence-electron chi connectivity index (χ2n) is 5.46. The number of nitriles is 1. The lowest BCUT2D eigenvalue weighted by Gasteiger charge is -2.13. The molecule has 0 saturated carbocycles. The summed E-state index contributed by atoms with van der Waals surface area (Å²) in [5, 5.41) is 17.5. The van der Waals surface area contributed by atoms with Gasteiger partial charge < -0.3 is 5.32 Å². The van der Waals surface area contributed by atoms with Gasteiger partial charge in [0, 0.05) is 35.6 Å². The van der Waals surface area contributed by atoms with Gasteiger partial charge in [-0.15, -0.1) is 0 Å². The minimum Gasteiger partial charge on any atom is -0.383 e. The predicted octanol–water partition coefficient (Wildman–Crippen LogP) is 3.84. The zero-order valence-electron chi connectivity index (χ0n) is 14.7. The largest absolute Gasteiger partial charge is 0.383 e. The van der Waals surface area contributed by atoms with Gasteiger partial charge in [0.25, 0.3) is 0 Å². The molecular formula is C18H22N6. The highest BCUT2D eigenvalue weighted by molar-refractivity contribution is 5.77. The van der Waals surface area contributed by atoms with Gasteiger partial charge >= 0.3 is 0 Å². The SMILES string of the molecule is CC.Cc1cnc(-n2ncc3cc(C#N)cnc32)cc1NC(C)C. The third-order valence-electron chi connectivity index (χ3n) is 3.29. The molecule has 0 aromatic carbocycles. The topological polar surface area (TPSA) is 79.4 Å². The molecule has 0 amide bonds. The molecule has 0 spiro atoms. The molecular weight excluding hydrogens is 300 g/mol. The minimum atomic E-state index is 0.333. The van der Waals surface area contributed by atoms with E-state index in [4.69, 9.17) is 5.26 Å². The molecule has 24 heavy (non-hydrogen) atoms. The number of pyridine rings is 2. The summed E-state index contributed by atoms with van der Waals surface area (Å²) in [4.78, 5) is 8.76. The van der Waals surface area contributed by atoms with E-state index in [2.05, 4.69) is 40.3 Å². The van der Waals surface area contributed by atoms with E-state index in [9.17, 15) is 0 Å². The lowest BCUT2D eigenvalue weighted by Crippen LogP contribution is -2.12. The van der Waals surface area contributed by atoms with Gasteiger partial charge in [-0.25, -0.2) is 9.97 Å². The quantitative estimate of drug-likeness (QED) is 0.792. The molecule has 0 bridgehead atoms. The van der Waals surface area contributed by atoms with Gasteiger partial charge in [-0.3, -0.25) is 0 Å². The molecule has 0 fully saturated rings. The fraction of sp³-hybridized carbons (Fsp3) is 0.333. The number of nitrogens with zero attached hydrogens (tertiary/aromatic N) is 5. The van der Waals surface area contributed by atoms with Crippen LogP contribution < -0.4 is 5.32 Å². The first-order valence-corrected chi connectivity index (χ1v) is 8.06. The van der Waals surface area contributed by atoms with Crippen LogP contribution in [0.5, 0.6) is 0 Å². The van der Waals surface area contributed by atoms with Crippen molar-refractivity contribution in [3.05, 3.63) is 41.9 Å². The Balaban J connectivity index is 0.00000100. The van der Waals surface area contributed by atoms with Gasteiger partial charge in [0.1, 0.15) is 6.07 Å². The molecule has 3 heterocycles. The van der Waals surface area contributed by atoms with Crippen LogP contribution in [-0.4, -0.2) is 25.8 Å². The molecule has 3 rings (SSSR count). The molecule has 1 N–H and O–H groups in total. The number of aromatic nitrogens is 4. The van der Waals surface area contributed by atoms with Gasteiger partial charge in [0.2, 0.25) is 0 Å². The maximum Gasteiger partial charge on any atom is 0.164 e. The highest BCUT2D eigenvalue weighted by Gasteiger charge is 2.10. The van der Waals surface area contributed by atoms with Crippen molar-refractivity contribution in [2.75, 3.05) is 5.32 Å². The van der Waals surface area contributed by atoms with E-state index in [1.807, 2.05) is 33.0 Å². The molecule has 0 aliphatic rings. The van der Waals surface area contributed by atoms with Crippen molar-refractivity contribution >= 4 is 16.7 Å². The third-order valence-corrected chi connectivity index (χ3v) is 3.29. The third kappa shape index (κ3) is 3.51. The standard InChI is InChI=1S/C16H16N6.C2H6/c1-10(2)21-14-5-15(18-7-11(14)3)22-16-13(9-20-22)4-12(6-17)8-19-16;1-2/h4-5,7-10H,1-3H3,(H,18,21);1-2H3. The number of rotatable bonds is 3. The van der Waals surface area contributed by atoms with Crippen LogP contribution >= 0.6 is 0 Å². The Hall–Kier alpha value is -2.94. The van der Waals surface area contributed by atoms with Crippen LogP contribution in [0.1, 0.15) is 38.8 Å². The van der Waals surface area contributed by atoms with Crippen molar-refractivity contribution in [3.63, 3.8) is 0 Å². The summed E-state index contributed by atoms with van der Waals surface area (Å²) in [6.07, 6.45) is 5.06. The van der Waals surface area contributed by atoms with Crippen LogP contribution in [-0.2, 0) is 0 Å². The average Bonchev–Trinajstić information content (AvgIpc) is 3.01. The molecule has 0 aliphatic carbocycles.